The molecule has 0 fully saturated rings. The molecule has 1 amide bonds. The quantitative estimate of drug-likeness (QED) is 0.311. The minimum absolute atomic E-state index is 0.0988. The number of hydrogen-bond donors (Lipinski definition) is 3. The van der Waals surface area contributed by atoms with Gasteiger partial charge in [-0.15, -0.1) is 0 Å². The highest BCUT2D eigenvalue weighted by atomic mass is 32.2. The number of aromatic amines is 2. The normalized spacial score (nSPS) is 11.1. The van der Waals surface area contributed by atoms with Crippen molar-refractivity contribution in [3.8, 4) is 0 Å². The summed E-state index contributed by atoms with van der Waals surface area (Å²) in [7, 11) is 1.85. The highest BCUT2D eigenvalue weighted by Gasteiger charge is 2.08. The number of imidazole rings is 1. The molecule has 0 aliphatic rings. The van der Waals surface area contributed by atoms with Crippen LogP contribution in [0, 0.1) is 4.77 Å². The van der Waals surface area contributed by atoms with Crippen LogP contribution < -0.4 is 5.32 Å². The molecule has 0 radical (unpaired) electrons. The first-order chi connectivity index (χ1) is 14.1. The van der Waals surface area contributed by atoms with Crippen LogP contribution in [0.2, 0.25) is 0 Å². The number of aromatic nitrogens is 5. The molecule has 2 heterocycles. The Morgan fingerprint density at radius 1 is 1.21 bits per heavy atom. The third kappa shape index (κ3) is 4.57. The second-order valence-electron chi connectivity index (χ2n) is 6.55. The van der Waals surface area contributed by atoms with Gasteiger partial charge in [0.25, 0.3) is 5.91 Å². The minimum atomic E-state index is -0.0988. The van der Waals surface area contributed by atoms with Crippen LogP contribution in [-0.4, -0.2) is 37.2 Å². The van der Waals surface area contributed by atoms with Crippen LogP contribution in [0.1, 0.15) is 21.7 Å². The summed E-state index contributed by atoms with van der Waals surface area (Å²) in [5.74, 6) is 1.49. The van der Waals surface area contributed by atoms with Crippen LogP contribution in [-0.2, 0) is 19.2 Å². The topological polar surface area (TPSA) is 91.4 Å². The maximum absolute atomic E-state index is 12.3. The van der Waals surface area contributed by atoms with E-state index in [9.17, 15) is 4.79 Å². The second kappa shape index (κ2) is 8.62. The van der Waals surface area contributed by atoms with Gasteiger partial charge in [-0.05, 0) is 42.0 Å². The largest absolute Gasteiger partial charge is 0.352 e. The Kier molecular flexibility index (Phi) is 5.77. The molecule has 4 aromatic rings. The van der Waals surface area contributed by atoms with Crippen molar-refractivity contribution in [1.29, 1.82) is 0 Å². The van der Waals surface area contributed by atoms with Crippen molar-refractivity contribution in [2.24, 2.45) is 7.05 Å². The van der Waals surface area contributed by atoms with Crippen LogP contribution in [0.4, 0.5) is 0 Å². The zero-order valence-electron chi connectivity index (χ0n) is 15.8. The number of hydrogen-bond acceptors (Lipinski definition) is 5. The molecule has 148 valence electrons. The molecule has 0 saturated carbocycles. The molecule has 2 aromatic heterocycles. The molecule has 7 nitrogen and oxygen atoms in total. The van der Waals surface area contributed by atoms with E-state index >= 15 is 0 Å². The van der Waals surface area contributed by atoms with Crippen molar-refractivity contribution in [1.82, 2.24) is 30.0 Å². The lowest BCUT2D eigenvalue weighted by Gasteiger charge is -2.06. The van der Waals surface area contributed by atoms with Crippen molar-refractivity contribution in [2.45, 2.75) is 17.3 Å². The molecule has 0 atom stereocenters. The van der Waals surface area contributed by atoms with E-state index in [0.717, 1.165) is 33.3 Å². The first-order valence-electron chi connectivity index (χ1n) is 9.15. The lowest BCUT2D eigenvalue weighted by atomic mass is 10.1. The summed E-state index contributed by atoms with van der Waals surface area (Å²) in [5.41, 5.74) is 3.77. The molecule has 0 aliphatic heterocycles. The van der Waals surface area contributed by atoms with E-state index in [2.05, 4.69) is 25.5 Å². The van der Waals surface area contributed by atoms with Gasteiger partial charge < -0.3 is 14.9 Å². The summed E-state index contributed by atoms with van der Waals surface area (Å²) in [4.78, 5) is 20.2. The summed E-state index contributed by atoms with van der Waals surface area (Å²) in [5, 5.41) is 10.7. The lowest BCUT2D eigenvalue weighted by Crippen LogP contribution is -2.26. The van der Waals surface area contributed by atoms with Crippen LogP contribution in [0.25, 0.3) is 11.0 Å². The van der Waals surface area contributed by atoms with Crippen molar-refractivity contribution in [2.75, 3.05) is 6.54 Å². The third-order valence-corrected chi connectivity index (χ3v) is 5.88. The molecule has 4 rings (SSSR count). The number of H-pyrrole nitrogens is 2. The van der Waals surface area contributed by atoms with E-state index in [4.69, 9.17) is 12.2 Å². The highest BCUT2D eigenvalue weighted by Crippen LogP contribution is 2.23. The fraction of sp³-hybridized carbons (Fsp3) is 0.200. The monoisotopic (exact) mass is 424 g/mol. The Balaban J connectivity index is 1.29. The summed E-state index contributed by atoms with van der Waals surface area (Å²) in [6, 6.07) is 15.6. The van der Waals surface area contributed by atoms with Gasteiger partial charge in [-0.2, -0.15) is 5.10 Å². The Hall–Kier alpha value is -2.91. The lowest BCUT2D eigenvalue weighted by molar-refractivity contribution is 0.0954. The van der Waals surface area contributed by atoms with Crippen LogP contribution in [0.15, 0.2) is 53.7 Å². The van der Waals surface area contributed by atoms with Crippen molar-refractivity contribution in [3.63, 3.8) is 0 Å². The van der Waals surface area contributed by atoms with Crippen molar-refractivity contribution < 1.29 is 4.79 Å². The molecule has 9 heteroatoms. The van der Waals surface area contributed by atoms with E-state index < -0.39 is 0 Å². The number of thioether (sulfide) groups is 1. The van der Waals surface area contributed by atoms with Gasteiger partial charge in [0.15, 0.2) is 9.93 Å². The highest BCUT2D eigenvalue weighted by molar-refractivity contribution is 7.98. The molecule has 29 heavy (non-hydrogen) atoms. The van der Waals surface area contributed by atoms with Gasteiger partial charge in [0.05, 0.1) is 11.0 Å². The van der Waals surface area contributed by atoms with Crippen LogP contribution in [0.3, 0.4) is 0 Å². The minimum Gasteiger partial charge on any atom is -0.352 e. The van der Waals surface area contributed by atoms with Gasteiger partial charge in [0.1, 0.15) is 5.82 Å². The zero-order chi connectivity index (χ0) is 20.2. The molecule has 0 saturated heterocycles. The van der Waals surface area contributed by atoms with Gasteiger partial charge in [0.2, 0.25) is 0 Å². The summed E-state index contributed by atoms with van der Waals surface area (Å²) in [6.07, 6.45) is 0.613. The number of nitrogens with zero attached hydrogens (tertiary/aromatic N) is 3. The molecular formula is C20H20N6OS2. The van der Waals surface area contributed by atoms with E-state index in [-0.39, 0.29) is 5.91 Å². The SMILES string of the molecule is Cn1c(CCNC(=O)c2ccc(CSc3nc4ccccc4[nH]3)cc2)n[nH]c1=S. The standard InChI is InChI=1S/C20H20N6OS2/c1-26-17(24-25-20(26)28)10-11-21-18(27)14-8-6-13(7-9-14)12-29-19-22-15-4-2-3-5-16(15)23-19/h2-9H,10-12H2,1H3,(H,21,27)(H,22,23)(H,25,28). The van der Waals surface area contributed by atoms with Crippen LogP contribution in [0.5, 0.6) is 0 Å². The number of carbonyl (C=O) groups is 1. The first-order valence-corrected chi connectivity index (χ1v) is 10.5. The molecular weight excluding hydrogens is 404 g/mol. The number of para-hydroxylation sites is 2. The predicted molar refractivity (Wildman–Crippen MR) is 117 cm³/mol. The molecule has 2 aromatic carbocycles. The first kappa shape index (κ1) is 19.4. The second-order valence-corrected chi connectivity index (χ2v) is 7.91. The molecule has 0 aliphatic carbocycles. The number of amides is 1. The maximum Gasteiger partial charge on any atom is 0.251 e. The third-order valence-electron chi connectivity index (χ3n) is 4.57. The Labute approximate surface area is 177 Å². The van der Waals surface area contributed by atoms with Gasteiger partial charge >= 0.3 is 0 Å². The van der Waals surface area contributed by atoms with Crippen LogP contribution >= 0.6 is 24.0 Å². The van der Waals surface area contributed by atoms with Crippen molar-refractivity contribution in [3.05, 3.63) is 70.3 Å². The number of nitrogens with one attached hydrogen (secondary N) is 3. The van der Waals surface area contributed by atoms with E-state index in [1.54, 1.807) is 16.3 Å². The summed E-state index contributed by atoms with van der Waals surface area (Å²) < 4.78 is 2.37. The van der Waals surface area contributed by atoms with E-state index in [1.807, 2.05) is 55.6 Å². The number of benzene rings is 2. The number of rotatable bonds is 7. The Morgan fingerprint density at radius 2 is 2.00 bits per heavy atom. The molecule has 3 N–H and O–H groups in total. The van der Waals surface area contributed by atoms with Gasteiger partial charge in [-0.3, -0.25) is 9.89 Å². The maximum atomic E-state index is 12.3. The zero-order valence-corrected chi connectivity index (χ0v) is 17.4. The number of fused-ring (bicyclic) bond motifs is 1. The fourth-order valence-corrected chi connectivity index (χ4v) is 3.89. The van der Waals surface area contributed by atoms with E-state index in [1.165, 1.54) is 0 Å². The smallest absolute Gasteiger partial charge is 0.251 e. The van der Waals surface area contributed by atoms with Gasteiger partial charge in [-0.1, -0.05) is 36.0 Å². The number of carbonyl (C=O) groups excluding carboxylic acids is 1. The molecule has 0 spiro atoms. The van der Waals surface area contributed by atoms with E-state index in [0.29, 0.717) is 23.3 Å². The average Bonchev–Trinajstić information content (AvgIpc) is 3.30. The molecule has 0 bridgehead atoms. The summed E-state index contributed by atoms with van der Waals surface area (Å²) >= 11 is 6.72. The predicted octanol–water partition coefficient (Wildman–Crippen LogP) is 3.62. The fourth-order valence-electron chi connectivity index (χ4n) is 2.89. The van der Waals surface area contributed by atoms with Crippen molar-refractivity contribution >= 4 is 40.9 Å². The molecule has 0 unspecified atom stereocenters. The average molecular weight is 425 g/mol. The Bertz CT molecular complexity index is 1160. The summed E-state index contributed by atoms with van der Waals surface area (Å²) in [6.45, 7) is 0.496. The van der Waals surface area contributed by atoms with Gasteiger partial charge in [-0.25, -0.2) is 4.98 Å². The Morgan fingerprint density at radius 3 is 2.72 bits per heavy atom. The van der Waals surface area contributed by atoms with Gasteiger partial charge in [0, 0.05) is 31.3 Å².